The molecule has 43 heavy (non-hydrogen) atoms. The van der Waals surface area contributed by atoms with Gasteiger partial charge in [-0.1, -0.05) is 129 Å². The van der Waals surface area contributed by atoms with Gasteiger partial charge in [0.15, 0.2) is 5.60 Å². The molecular weight excluding hydrogens is 526 g/mol. The highest BCUT2D eigenvalue weighted by Crippen LogP contribution is 2.61. The molecule has 1 spiro atoms. The van der Waals surface area contributed by atoms with Gasteiger partial charge in [0.25, 0.3) is 0 Å². The van der Waals surface area contributed by atoms with Crippen LogP contribution in [0.4, 0.5) is 5.69 Å². The van der Waals surface area contributed by atoms with Gasteiger partial charge >= 0.3 is 0 Å². The second-order valence-electron chi connectivity index (χ2n) is 12.4. The quantitative estimate of drug-likeness (QED) is 0.170. The third-order valence-corrected chi connectivity index (χ3v) is 10.1. The third kappa shape index (κ3) is 3.90. The van der Waals surface area contributed by atoms with Crippen molar-refractivity contribution in [3.63, 3.8) is 0 Å². The first-order valence-electron chi connectivity index (χ1n) is 15.7. The van der Waals surface area contributed by atoms with Crippen LogP contribution in [0.3, 0.4) is 0 Å². The molecule has 3 aliphatic rings. The summed E-state index contributed by atoms with van der Waals surface area (Å²) in [5.41, 5.74) is 9.04. The Morgan fingerprint density at radius 1 is 0.628 bits per heavy atom. The van der Waals surface area contributed by atoms with Crippen molar-refractivity contribution in [1.82, 2.24) is 0 Å². The molecule has 0 bridgehead atoms. The van der Waals surface area contributed by atoms with Crippen LogP contribution in [-0.2, 0) is 11.0 Å². The van der Waals surface area contributed by atoms with Crippen molar-refractivity contribution in [2.75, 3.05) is 5.12 Å². The van der Waals surface area contributed by atoms with Gasteiger partial charge in [-0.25, -0.2) is 16.8 Å². The summed E-state index contributed by atoms with van der Waals surface area (Å²) in [5.74, 6) is 12.7. The maximum atomic E-state index is 7.46. The number of hydrogen-bond donors (Lipinski definition) is 2. The maximum absolute atomic E-state index is 7.46. The molecule has 1 heterocycles. The molecule has 4 N–H and O–H groups in total. The van der Waals surface area contributed by atoms with E-state index >= 15 is 0 Å². The summed E-state index contributed by atoms with van der Waals surface area (Å²) in [6.07, 6.45) is 13.4. The van der Waals surface area contributed by atoms with E-state index in [0.717, 1.165) is 33.1 Å². The smallest absolute Gasteiger partial charge is 0.178 e. The number of benzene rings is 5. The molecule has 5 aromatic carbocycles. The molecule has 1 saturated carbocycles. The van der Waals surface area contributed by atoms with Crippen molar-refractivity contribution >= 4 is 22.5 Å². The van der Waals surface area contributed by atoms with Crippen LogP contribution in [0.15, 0.2) is 109 Å². The van der Waals surface area contributed by atoms with Gasteiger partial charge in [-0.15, -0.1) is 0 Å². The minimum absolute atomic E-state index is 0.00569. The molecule has 0 aromatic heterocycles. The fourth-order valence-electron chi connectivity index (χ4n) is 8.19. The van der Waals surface area contributed by atoms with E-state index in [2.05, 4.69) is 103 Å². The zero-order valence-corrected chi connectivity index (χ0v) is 24.4. The van der Waals surface area contributed by atoms with Gasteiger partial charge < -0.3 is 4.74 Å². The maximum Gasteiger partial charge on any atom is 0.178 e. The first kappa shape index (κ1) is 26.3. The van der Waals surface area contributed by atoms with Gasteiger partial charge in [-0.05, 0) is 58.7 Å². The van der Waals surface area contributed by atoms with E-state index in [1.165, 1.54) is 78.1 Å². The Balaban J connectivity index is 1.42. The van der Waals surface area contributed by atoms with Crippen molar-refractivity contribution in [3.8, 4) is 16.9 Å². The Kier molecular flexibility index (Phi) is 6.18. The van der Waals surface area contributed by atoms with E-state index in [1.807, 2.05) is 12.1 Å². The normalized spacial score (nSPS) is 20.0. The molecule has 8 rings (SSSR count). The van der Waals surface area contributed by atoms with Crippen molar-refractivity contribution in [1.29, 1.82) is 0 Å². The SMILES string of the molecule is NN(N)c1ccc(C2(c3ccccc3)C=Cc3c4c(c5ccccc5c3O2)-c2ccccc2C42CCCCCCC2)cc1. The van der Waals surface area contributed by atoms with E-state index in [1.54, 1.807) is 0 Å². The van der Waals surface area contributed by atoms with Gasteiger partial charge in [0.1, 0.15) is 5.75 Å². The van der Waals surface area contributed by atoms with E-state index in [9.17, 15) is 0 Å². The van der Waals surface area contributed by atoms with E-state index in [-0.39, 0.29) is 5.41 Å². The summed E-state index contributed by atoms with van der Waals surface area (Å²) in [6, 6.07) is 36.6. The fourth-order valence-corrected chi connectivity index (χ4v) is 8.19. The highest BCUT2D eigenvalue weighted by molar-refractivity contribution is 6.08. The number of hydrogen-bond acceptors (Lipinski definition) is 4. The third-order valence-electron chi connectivity index (χ3n) is 10.1. The van der Waals surface area contributed by atoms with Crippen molar-refractivity contribution in [2.24, 2.45) is 11.7 Å². The van der Waals surface area contributed by atoms with Crippen molar-refractivity contribution in [2.45, 2.75) is 56.0 Å². The summed E-state index contributed by atoms with van der Waals surface area (Å²) < 4.78 is 7.46. The summed E-state index contributed by atoms with van der Waals surface area (Å²) in [6.45, 7) is 0. The van der Waals surface area contributed by atoms with Gasteiger partial charge in [0.2, 0.25) is 0 Å². The molecule has 4 heteroatoms. The molecular formula is C39H37N3O. The number of fused-ring (bicyclic) bond motifs is 10. The monoisotopic (exact) mass is 563 g/mol. The van der Waals surface area contributed by atoms with E-state index in [0.29, 0.717) is 0 Å². The molecule has 0 amide bonds. The highest BCUT2D eigenvalue weighted by atomic mass is 16.5. The Labute approximate surface area is 253 Å². The lowest BCUT2D eigenvalue weighted by Gasteiger charge is -2.40. The van der Waals surface area contributed by atoms with Crippen LogP contribution < -0.4 is 21.5 Å². The Morgan fingerprint density at radius 2 is 1.26 bits per heavy atom. The molecule has 2 aliphatic carbocycles. The fraction of sp³-hybridized carbons (Fsp3) is 0.231. The predicted molar refractivity (Wildman–Crippen MR) is 177 cm³/mol. The van der Waals surface area contributed by atoms with Crippen LogP contribution >= 0.6 is 0 Å². The largest absolute Gasteiger partial charge is 0.472 e. The summed E-state index contributed by atoms with van der Waals surface area (Å²) >= 11 is 0. The Bertz CT molecular complexity index is 1850. The molecule has 5 aromatic rings. The Hall–Kier alpha value is -4.38. The standard InChI is InChI=1S/C39H37N3O/c40-42(41)29-21-19-28(20-22-29)39(27-13-5-4-6-14-27)26-23-33-36-35(30-15-7-8-16-31(30)37(33)43-39)32-17-9-10-18-34(32)38(36)24-11-2-1-3-12-25-38/h4-10,13-23,26H,1-3,11-12,24-25,40-41H2. The van der Waals surface area contributed by atoms with E-state index in [4.69, 9.17) is 16.4 Å². The summed E-state index contributed by atoms with van der Waals surface area (Å²) in [7, 11) is 0. The van der Waals surface area contributed by atoms with Crippen LogP contribution in [0.2, 0.25) is 0 Å². The van der Waals surface area contributed by atoms with Crippen molar-refractivity contribution < 1.29 is 4.74 Å². The minimum Gasteiger partial charge on any atom is -0.472 e. The van der Waals surface area contributed by atoms with Crippen LogP contribution in [-0.4, -0.2) is 0 Å². The molecule has 4 nitrogen and oxygen atoms in total. The number of anilines is 1. The number of nitrogens with two attached hydrogens (primary N) is 2. The molecule has 1 aliphatic heterocycles. The summed E-state index contributed by atoms with van der Waals surface area (Å²) in [5, 5.41) is 3.58. The number of ether oxygens (including phenoxy) is 1. The predicted octanol–water partition coefficient (Wildman–Crippen LogP) is 8.75. The zero-order chi connectivity index (χ0) is 29.0. The molecule has 1 unspecified atom stereocenters. The highest BCUT2D eigenvalue weighted by Gasteiger charge is 2.47. The molecule has 214 valence electrons. The van der Waals surface area contributed by atoms with Crippen molar-refractivity contribution in [3.05, 3.63) is 137 Å². The molecule has 0 saturated heterocycles. The number of nitrogens with zero attached hydrogens (tertiary/aromatic N) is 1. The minimum atomic E-state index is -0.808. The average Bonchev–Trinajstić information content (AvgIpc) is 3.34. The molecule has 0 radical (unpaired) electrons. The first-order chi connectivity index (χ1) is 21.1. The van der Waals surface area contributed by atoms with Gasteiger partial charge in [-0.3, -0.25) is 0 Å². The van der Waals surface area contributed by atoms with Gasteiger partial charge in [0, 0.05) is 27.5 Å². The molecule has 1 atom stereocenters. The lowest BCUT2D eigenvalue weighted by Crippen LogP contribution is -2.38. The van der Waals surface area contributed by atoms with Crippen LogP contribution in [0.1, 0.15) is 72.8 Å². The Morgan fingerprint density at radius 3 is 2.00 bits per heavy atom. The van der Waals surface area contributed by atoms with Crippen LogP contribution in [0.25, 0.3) is 28.0 Å². The number of rotatable bonds is 3. The molecule has 1 fully saturated rings. The second kappa shape index (κ2) is 10.1. The lowest BCUT2D eigenvalue weighted by molar-refractivity contribution is 0.163. The lowest BCUT2D eigenvalue weighted by atomic mass is 9.67. The summed E-state index contributed by atoms with van der Waals surface area (Å²) in [4.78, 5) is 0. The number of hydrazine groups is 2. The van der Waals surface area contributed by atoms with E-state index < -0.39 is 5.60 Å². The first-order valence-corrected chi connectivity index (χ1v) is 15.7. The van der Waals surface area contributed by atoms with Crippen LogP contribution in [0.5, 0.6) is 5.75 Å². The second-order valence-corrected chi connectivity index (χ2v) is 12.4. The topological polar surface area (TPSA) is 64.5 Å². The zero-order valence-electron chi connectivity index (χ0n) is 24.4. The van der Waals surface area contributed by atoms with Gasteiger partial charge in [0.05, 0.1) is 5.69 Å². The average molecular weight is 564 g/mol. The van der Waals surface area contributed by atoms with Crippen LogP contribution in [0, 0.1) is 0 Å². The van der Waals surface area contributed by atoms with Gasteiger partial charge in [-0.2, -0.15) is 0 Å².